The highest BCUT2D eigenvalue weighted by Gasteiger charge is 2.26. The number of carbonyl (C=O) groups is 1. The Morgan fingerprint density at radius 2 is 2.19 bits per heavy atom. The summed E-state index contributed by atoms with van der Waals surface area (Å²) in [5.74, 6) is 0.227. The van der Waals surface area contributed by atoms with Gasteiger partial charge in [-0.1, -0.05) is 26.8 Å². The van der Waals surface area contributed by atoms with Gasteiger partial charge in [-0.2, -0.15) is 0 Å². The van der Waals surface area contributed by atoms with E-state index >= 15 is 0 Å². The number of hydrogen-bond acceptors (Lipinski definition) is 2. The lowest BCUT2D eigenvalue weighted by Gasteiger charge is -2.22. The predicted molar refractivity (Wildman–Crippen MR) is 62.6 cm³/mol. The molecule has 0 saturated heterocycles. The zero-order valence-electron chi connectivity index (χ0n) is 10.2. The number of aromatic nitrogens is 1. The molecule has 1 aromatic heterocycles. The summed E-state index contributed by atoms with van der Waals surface area (Å²) in [5, 5.41) is 0. The van der Waals surface area contributed by atoms with Gasteiger partial charge in [-0.3, -0.25) is 9.78 Å². The van der Waals surface area contributed by atoms with E-state index in [1.165, 1.54) is 5.56 Å². The highest BCUT2D eigenvalue weighted by atomic mass is 16.2. The van der Waals surface area contributed by atoms with Gasteiger partial charge in [0.05, 0.1) is 12.2 Å². The molecule has 0 saturated carbocycles. The van der Waals surface area contributed by atoms with Crippen molar-refractivity contribution in [2.45, 2.75) is 40.3 Å². The maximum atomic E-state index is 12.0. The van der Waals surface area contributed by atoms with Crippen LogP contribution in [0.4, 0.5) is 0 Å². The van der Waals surface area contributed by atoms with Crippen molar-refractivity contribution < 1.29 is 4.79 Å². The van der Waals surface area contributed by atoms with Gasteiger partial charge in [-0.15, -0.1) is 0 Å². The van der Waals surface area contributed by atoms with Crippen LogP contribution in [0, 0.1) is 5.41 Å². The summed E-state index contributed by atoms with van der Waals surface area (Å²) in [4.78, 5) is 18.2. The molecule has 0 aliphatic carbocycles. The number of nitrogens with zero attached hydrogens (tertiary/aromatic N) is 2. The summed E-state index contributed by atoms with van der Waals surface area (Å²) < 4.78 is 0. The second-order valence-electron chi connectivity index (χ2n) is 5.60. The fourth-order valence-corrected chi connectivity index (χ4v) is 1.94. The summed E-state index contributed by atoms with van der Waals surface area (Å²) in [7, 11) is 0. The van der Waals surface area contributed by atoms with Crippen LogP contribution in [0.15, 0.2) is 18.3 Å². The van der Waals surface area contributed by atoms with Crippen LogP contribution in [-0.2, 0) is 17.9 Å². The molecule has 2 rings (SSSR count). The predicted octanol–water partition coefficient (Wildman–Crippen LogP) is 2.36. The third-order valence-electron chi connectivity index (χ3n) is 2.72. The molecule has 0 aromatic carbocycles. The van der Waals surface area contributed by atoms with E-state index in [9.17, 15) is 4.79 Å². The van der Waals surface area contributed by atoms with Gasteiger partial charge in [-0.25, -0.2) is 0 Å². The van der Waals surface area contributed by atoms with Gasteiger partial charge in [0.25, 0.3) is 0 Å². The molecule has 0 N–H and O–H groups in total. The van der Waals surface area contributed by atoms with Crippen LogP contribution in [0.5, 0.6) is 0 Å². The number of carbonyl (C=O) groups excluding carboxylic acids is 1. The minimum absolute atomic E-state index is 0.0548. The molecule has 16 heavy (non-hydrogen) atoms. The van der Waals surface area contributed by atoms with Crippen LogP contribution in [-0.4, -0.2) is 15.8 Å². The van der Waals surface area contributed by atoms with E-state index in [0.29, 0.717) is 13.0 Å². The van der Waals surface area contributed by atoms with Gasteiger partial charge in [0.15, 0.2) is 0 Å². The number of hydrogen-bond donors (Lipinski definition) is 0. The number of rotatable bonds is 1. The minimum Gasteiger partial charge on any atom is -0.332 e. The van der Waals surface area contributed by atoms with E-state index in [4.69, 9.17) is 0 Å². The van der Waals surface area contributed by atoms with Crippen LogP contribution in [0.1, 0.15) is 38.4 Å². The SMILES string of the molecule is CC(C)(C)CC(=O)N1Cc2cccnc2C1. The van der Waals surface area contributed by atoms with Crippen molar-refractivity contribution in [3.8, 4) is 0 Å². The van der Waals surface area contributed by atoms with Crippen LogP contribution in [0.25, 0.3) is 0 Å². The molecule has 0 spiro atoms. The van der Waals surface area contributed by atoms with E-state index in [1.54, 1.807) is 6.20 Å². The number of pyridine rings is 1. The normalized spacial score (nSPS) is 15.1. The van der Waals surface area contributed by atoms with E-state index < -0.39 is 0 Å². The molecule has 3 nitrogen and oxygen atoms in total. The van der Waals surface area contributed by atoms with Gasteiger partial charge in [0.1, 0.15) is 0 Å². The van der Waals surface area contributed by atoms with Crippen molar-refractivity contribution in [1.82, 2.24) is 9.88 Å². The highest BCUT2D eigenvalue weighted by molar-refractivity contribution is 5.77. The van der Waals surface area contributed by atoms with Crippen molar-refractivity contribution in [1.29, 1.82) is 0 Å². The summed E-state index contributed by atoms with van der Waals surface area (Å²) >= 11 is 0. The second-order valence-corrected chi connectivity index (χ2v) is 5.60. The molecular formula is C13H18N2O. The molecule has 86 valence electrons. The maximum Gasteiger partial charge on any atom is 0.223 e. The first-order valence-electron chi connectivity index (χ1n) is 5.66. The Kier molecular flexibility index (Phi) is 2.70. The third kappa shape index (κ3) is 2.40. The molecule has 1 aromatic rings. The fourth-order valence-electron chi connectivity index (χ4n) is 1.94. The number of fused-ring (bicyclic) bond motifs is 1. The Labute approximate surface area is 96.5 Å². The summed E-state index contributed by atoms with van der Waals surface area (Å²) in [5.41, 5.74) is 2.29. The Morgan fingerprint density at radius 3 is 2.81 bits per heavy atom. The Morgan fingerprint density at radius 1 is 1.44 bits per heavy atom. The Hall–Kier alpha value is -1.38. The molecule has 1 aliphatic heterocycles. The average Bonchev–Trinajstić information content (AvgIpc) is 2.58. The van der Waals surface area contributed by atoms with Crippen LogP contribution in [0.2, 0.25) is 0 Å². The Balaban J connectivity index is 2.04. The maximum absolute atomic E-state index is 12.0. The highest BCUT2D eigenvalue weighted by Crippen LogP contribution is 2.25. The van der Waals surface area contributed by atoms with Crippen molar-refractivity contribution in [2.75, 3.05) is 0 Å². The van der Waals surface area contributed by atoms with Crippen molar-refractivity contribution in [3.05, 3.63) is 29.6 Å². The first-order valence-corrected chi connectivity index (χ1v) is 5.66. The largest absolute Gasteiger partial charge is 0.332 e. The number of amides is 1. The van der Waals surface area contributed by atoms with Crippen molar-refractivity contribution in [3.63, 3.8) is 0 Å². The van der Waals surface area contributed by atoms with Crippen LogP contribution < -0.4 is 0 Å². The molecular weight excluding hydrogens is 200 g/mol. The summed E-state index contributed by atoms with van der Waals surface area (Å²) in [6.45, 7) is 7.66. The zero-order chi connectivity index (χ0) is 11.8. The van der Waals surface area contributed by atoms with E-state index in [2.05, 4.69) is 25.8 Å². The lowest BCUT2D eigenvalue weighted by atomic mass is 9.92. The summed E-state index contributed by atoms with van der Waals surface area (Å²) in [6, 6.07) is 3.98. The van der Waals surface area contributed by atoms with E-state index in [0.717, 1.165) is 12.2 Å². The first kappa shape index (κ1) is 11.1. The fraction of sp³-hybridized carbons (Fsp3) is 0.538. The topological polar surface area (TPSA) is 33.2 Å². The molecule has 1 aliphatic rings. The molecule has 3 heteroatoms. The van der Waals surface area contributed by atoms with E-state index in [1.807, 2.05) is 17.0 Å². The Bertz CT molecular complexity index is 382. The lowest BCUT2D eigenvalue weighted by Crippen LogP contribution is -2.29. The van der Waals surface area contributed by atoms with Gasteiger partial charge in [0.2, 0.25) is 5.91 Å². The zero-order valence-corrected chi connectivity index (χ0v) is 10.2. The molecule has 0 fully saturated rings. The van der Waals surface area contributed by atoms with Crippen molar-refractivity contribution in [2.24, 2.45) is 5.41 Å². The van der Waals surface area contributed by atoms with Gasteiger partial charge in [0, 0.05) is 19.2 Å². The van der Waals surface area contributed by atoms with Crippen molar-refractivity contribution >= 4 is 5.91 Å². The summed E-state index contributed by atoms with van der Waals surface area (Å²) in [6.07, 6.45) is 2.39. The monoisotopic (exact) mass is 218 g/mol. The molecule has 0 radical (unpaired) electrons. The molecule has 0 atom stereocenters. The molecule has 1 amide bonds. The van der Waals surface area contributed by atoms with Gasteiger partial charge >= 0.3 is 0 Å². The first-order chi connectivity index (χ1) is 7.46. The molecule has 0 bridgehead atoms. The van der Waals surface area contributed by atoms with Crippen LogP contribution in [0.3, 0.4) is 0 Å². The average molecular weight is 218 g/mol. The van der Waals surface area contributed by atoms with Gasteiger partial charge in [-0.05, 0) is 17.0 Å². The second kappa shape index (κ2) is 3.89. The van der Waals surface area contributed by atoms with Gasteiger partial charge < -0.3 is 4.90 Å². The minimum atomic E-state index is 0.0548. The van der Waals surface area contributed by atoms with E-state index in [-0.39, 0.29) is 11.3 Å². The lowest BCUT2D eigenvalue weighted by molar-refractivity contribution is -0.133. The molecule has 2 heterocycles. The smallest absolute Gasteiger partial charge is 0.223 e. The van der Waals surface area contributed by atoms with Crippen LogP contribution >= 0.6 is 0 Å². The third-order valence-corrected chi connectivity index (χ3v) is 2.72. The molecule has 0 unspecified atom stereocenters. The standard InChI is InChI=1S/C13H18N2O/c1-13(2,3)7-12(16)15-8-10-5-4-6-14-11(10)9-15/h4-6H,7-9H2,1-3H3. The quantitative estimate of drug-likeness (QED) is 0.725.